The van der Waals surface area contributed by atoms with Gasteiger partial charge in [-0.15, -0.1) is 0 Å². The lowest BCUT2D eigenvalue weighted by atomic mass is 9.98. The normalized spacial score (nSPS) is 23.6. The maximum atomic E-state index is 6.40. The number of hydrogen-bond acceptors (Lipinski definition) is 6. The number of hydrazone groups is 1. The summed E-state index contributed by atoms with van der Waals surface area (Å²) in [5.41, 5.74) is 5.48. The van der Waals surface area contributed by atoms with Crippen LogP contribution in [-0.2, 0) is 0 Å². The zero-order chi connectivity index (χ0) is 22.2. The lowest BCUT2D eigenvalue weighted by Gasteiger charge is -2.28. The summed E-state index contributed by atoms with van der Waals surface area (Å²) in [6.07, 6.45) is 17.2. The van der Waals surface area contributed by atoms with E-state index < -0.39 is 0 Å². The Morgan fingerprint density at radius 1 is 1.06 bits per heavy atom. The van der Waals surface area contributed by atoms with Gasteiger partial charge in [0.15, 0.2) is 0 Å². The van der Waals surface area contributed by atoms with Crippen LogP contribution >= 0.6 is 0 Å². The Hall–Kier alpha value is -1.82. The van der Waals surface area contributed by atoms with Crippen LogP contribution in [0.2, 0.25) is 0 Å². The third-order valence-electron chi connectivity index (χ3n) is 7.38. The van der Waals surface area contributed by atoms with E-state index in [0.29, 0.717) is 12.1 Å². The van der Waals surface area contributed by atoms with Crippen molar-refractivity contribution in [3.63, 3.8) is 0 Å². The molecular formula is C26H43N5O. The molecular weight excluding hydrogens is 398 g/mol. The van der Waals surface area contributed by atoms with Gasteiger partial charge >= 0.3 is 0 Å². The third-order valence-corrected chi connectivity index (χ3v) is 7.38. The second-order valence-corrected chi connectivity index (χ2v) is 9.89. The number of nitrogens with one attached hydrogen (secondary N) is 1. The van der Waals surface area contributed by atoms with Crippen LogP contribution in [-0.4, -0.2) is 54.4 Å². The molecule has 2 aliphatic heterocycles. The van der Waals surface area contributed by atoms with Gasteiger partial charge in [-0.1, -0.05) is 32.6 Å². The summed E-state index contributed by atoms with van der Waals surface area (Å²) < 4.78 is 6.40. The molecule has 1 N–H and O–H groups in total. The molecule has 0 radical (unpaired) electrons. The molecule has 3 aliphatic rings. The van der Waals surface area contributed by atoms with E-state index in [1.54, 1.807) is 0 Å². The van der Waals surface area contributed by atoms with E-state index in [9.17, 15) is 0 Å². The highest BCUT2D eigenvalue weighted by atomic mass is 16.5. The van der Waals surface area contributed by atoms with Gasteiger partial charge in [-0.05, 0) is 71.4 Å². The predicted octanol–water partition coefficient (Wildman–Crippen LogP) is 5.75. The number of anilines is 2. The number of likely N-dealkylation sites (tertiary alicyclic amines) is 1. The summed E-state index contributed by atoms with van der Waals surface area (Å²) in [7, 11) is 0. The van der Waals surface area contributed by atoms with Crippen LogP contribution in [0.5, 0.6) is 5.88 Å². The highest BCUT2D eigenvalue weighted by Gasteiger charge is 2.30. The van der Waals surface area contributed by atoms with Crippen molar-refractivity contribution in [2.24, 2.45) is 5.10 Å². The highest BCUT2D eigenvalue weighted by molar-refractivity contribution is 5.66. The molecule has 6 heteroatoms. The first kappa shape index (κ1) is 23.3. The monoisotopic (exact) mass is 441 g/mol. The van der Waals surface area contributed by atoms with Gasteiger partial charge in [0.25, 0.3) is 0 Å². The smallest absolute Gasteiger partial charge is 0.217 e. The molecule has 0 amide bonds. The molecule has 6 nitrogen and oxygen atoms in total. The maximum absolute atomic E-state index is 6.40. The zero-order valence-electron chi connectivity index (χ0n) is 20.3. The molecule has 0 spiro atoms. The van der Waals surface area contributed by atoms with Crippen LogP contribution in [0.25, 0.3) is 0 Å². The third kappa shape index (κ3) is 6.15. The Morgan fingerprint density at radius 3 is 2.56 bits per heavy atom. The standard InChI is InChI=1S/C26H43N5O/c1-3-4-15-27-29-24-19-25(32-23-12-8-7-9-13-23)28-26(21(24)2)31-18-14-22(20-31)30-16-10-5-6-11-17-30/h15,19,22-23H,3-14,16-18,20H2,1-2H3,(H,28,29)/b27-15+. The molecule has 178 valence electrons. The van der Waals surface area contributed by atoms with Gasteiger partial charge in [0, 0.05) is 37.0 Å². The number of hydrogen-bond donors (Lipinski definition) is 1. The van der Waals surface area contributed by atoms with Crippen molar-refractivity contribution < 1.29 is 4.74 Å². The van der Waals surface area contributed by atoms with Crippen LogP contribution in [0.1, 0.15) is 89.5 Å². The van der Waals surface area contributed by atoms with E-state index in [0.717, 1.165) is 56.2 Å². The summed E-state index contributed by atoms with van der Waals surface area (Å²) in [5.74, 6) is 1.83. The van der Waals surface area contributed by atoms with Crippen molar-refractivity contribution in [3.05, 3.63) is 11.6 Å². The fraction of sp³-hybridized carbons (Fsp3) is 0.769. The van der Waals surface area contributed by atoms with E-state index in [4.69, 9.17) is 9.72 Å². The van der Waals surface area contributed by atoms with Gasteiger partial charge in [0.2, 0.25) is 5.88 Å². The van der Waals surface area contributed by atoms with E-state index in [1.165, 1.54) is 70.0 Å². The lowest BCUT2D eigenvalue weighted by molar-refractivity contribution is 0.149. The molecule has 32 heavy (non-hydrogen) atoms. The van der Waals surface area contributed by atoms with Crippen LogP contribution in [0.15, 0.2) is 11.2 Å². The molecule has 4 rings (SSSR count). The zero-order valence-corrected chi connectivity index (χ0v) is 20.3. The Labute approximate surface area is 194 Å². The summed E-state index contributed by atoms with van der Waals surface area (Å²) >= 11 is 0. The van der Waals surface area contributed by atoms with Gasteiger partial charge < -0.3 is 9.64 Å². The number of rotatable bonds is 8. The van der Waals surface area contributed by atoms with Crippen molar-refractivity contribution in [1.82, 2.24) is 9.88 Å². The van der Waals surface area contributed by atoms with Gasteiger partial charge in [-0.25, -0.2) is 0 Å². The molecule has 0 bridgehead atoms. The van der Waals surface area contributed by atoms with Gasteiger partial charge in [-0.2, -0.15) is 10.1 Å². The molecule has 1 aromatic rings. The fourth-order valence-corrected chi connectivity index (χ4v) is 5.41. The van der Waals surface area contributed by atoms with Gasteiger partial charge in [0.1, 0.15) is 11.9 Å². The van der Waals surface area contributed by atoms with Crippen LogP contribution in [0.3, 0.4) is 0 Å². The van der Waals surface area contributed by atoms with E-state index in [-0.39, 0.29) is 0 Å². The van der Waals surface area contributed by atoms with E-state index in [1.807, 2.05) is 6.21 Å². The lowest BCUT2D eigenvalue weighted by Crippen LogP contribution is -2.38. The number of pyridine rings is 1. The molecule has 1 unspecified atom stereocenters. The molecule has 2 saturated heterocycles. The molecule has 0 aromatic carbocycles. The Kier molecular flexibility index (Phi) is 8.66. The second kappa shape index (κ2) is 11.9. The predicted molar refractivity (Wildman–Crippen MR) is 134 cm³/mol. The molecule has 3 heterocycles. The van der Waals surface area contributed by atoms with E-state index >= 15 is 0 Å². The van der Waals surface area contributed by atoms with Crippen molar-refractivity contribution in [2.45, 2.75) is 103 Å². The minimum Gasteiger partial charge on any atom is -0.474 e. The largest absolute Gasteiger partial charge is 0.474 e. The van der Waals surface area contributed by atoms with Crippen molar-refractivity contribution in [1.29, 1.82) is 0 Å². The fourth-order valence-electron chi connectivity index (χ4n) is 5.41. The number of aromatic nitrogens is 1. The topological polar surface area (TPSA) is 53.0 Å². The van der Waals surface area contributed by atoms with Crippen LogP contribution < -0.4 is 15.1 Å². The quantitative estimate of drug-likeness (QED) is 0.411. The first-order chi connectivity index (χ1) is 15.7. The average Bonchev–Trinajstić information content (AvgIpc) is 3.14. The summed E-state index contributed by atoms with van der Waals surface area (Å²) in [4.78, 5) is 10.3. The number of ether oxygens (including phenoxy) is 1. The second-order valence-electron chi connectivity index (χ2n) is 9.89. The summed E-state index contributed by atoms with van der Waals surface area (Å²) in [5, 5.41) is 4.46. The Bertz CT molecular complexity index is 738. The van der Waals surface area contributed by atoms with Gasteiger partial charge in [-0.3, -0.25) is 10.3 Å². The molecule has 1 aromatic heterocycles. The van der Waals surface area contributed by atoms with Crippen LogP contribution in [0.4, 0.5) is 11.5 Å². The first-order valence-corrected chi connectivity index (χ1v) is 13.2. The maximum Gasteiger partial charge on any atom is 0.217 e. The summed E-state index contributed by atoms with van der Waals surface area (Å²) in [6, 6.07) is 2.70. The molecule has 3 fully saturated rings. The minimum absolute atomic E-state index is 0.298. The van der Waals surface area contributed by atoms with Crippen molar-refractivity contribution in [2.75, 3.05) is 36.5 Å². The minimum atomic E-state index is 0.298. The van der Waals surface area contributed by atoms with Crippen LogP contribution in [0, 0.1) is 6.92 Å². The Morgan fingerprint density at radius 2 is 1.81 bits per heavy atom. The molecule has 1 aliphatic carbocycles. The van der Waals surface area contributed by atoms with Crippen molar-refractivity contribution in [3.8, 4) is 5.88 Å². The van der Waals surface area contributed by atoms with E-state index in [2.05, 4.69) is 40.2 Å². The molecule has 1 saturated carbocycles. The number of nitrogens with zero attached hydrogens (tertiary/aromatic N) is 4. The van der Waals surface area contributed by atoms with Gasteiger partial charge in [0.05, 0.1) is 5.69 Å². The highest BCUT2D eigenvalue weighted by Crippen LogP contribution is 2.34. The van der Waals surface area contributed by atoms with Crippen molar-refractivity contribution >= 4 is 17.7 Å². The average molecular weight is 442 g/mol. The first-order valence-electron chi connectivity index (χ1n) is 13.2. The SMILES string of the molecule is CCC/C=N/Nc1cc(OC2CCCCC2)nc(N2CCC(N3CCCCCC3)C2)c1C. The Balaban J connectivity index is 1.51. The number of unbranched alkanes of at least 4 members (excludes halogenated alkanes) is 1. The molecule has 1 atom stereocenters. The summed E-state index contributed by atoms with van der Waals surface area (Å²) in [6.45, 7) is 9.00.